The molecule has 0 unspecified atom stereocenters. The number of carbonyl (C=O) groups is 1. The molecule has 2 aromatic carbocycles. The van der Waals surface area contributed by atoms with Gasteiger partial charge in [-0.05, 0) is 62.9 Å². The first-order chi connectivity index (χ1) is 15.7. The molecule has 1 aromatic heterocycles. The fraction of sp³-hybridized carbons (Fsp3) is 0.346. The molecular weight excluding hydrogens is 400 g/mol. The number of aromatic nitrogens is 2. The van der Waals surface area contributed by atoms with Gasteiger partial charge in [0.1, 0.15) is 11.4 Å². The van der Waals surface area contributed by atoms with Crippen molar-refractivity contribution in [1.29, 1.82) is 0 Å². The molecule has 2 heterocycles. The monoisotopic (exact) mass is 430 g/mol. The molecule has 1 atom stereocenters. The Morgan fingerprint density at radius 3 is 2.38 bits per heavy atom. The Kier molecular flexibility index (Phi) is 7.00. The predicted molar refractivity (Wildman–Crippen MR) is 127 cm³/mol. The van der Waals surface area contributed by atoms with Gasteiger partial charge in [-0.25, -0.2) is 4.98 Å². The highest BCUT2D eigenvalue weighted by Gasteiger charge is 2.18. The molecule has 0 bridgehead atoms. The zero-order chi connectivity index (χ0) is 22.3. The van der Waals surface area contributed by atoms with Crippen LogP contribution in [0.4, 0.5) is 5.82 Å². The van der Waals surface area contributed by atoms with E-state index in [0.29, 0.717) is 12.2 Å². The molecule has 0 spiro atoms. The summed E-state index contributed by atoms with van der Waals surface area (Å²) in [6.07, 6.45) is 7.10. The number of amides is 1. The number of hydrogen-bond acceptors (Lipinski definition) is 5. The van der Waals surface area contributed by atoms with Gasteiger partial charge in [0.2, 0.25) is 0 Å². The maximum Gasteiger partial charge on any atom is 0.251 e. The Labute approximate surface area is 189 Å². The number of nitrogens with one attached hydrogen (secondary N) is 1. The van der Waals surface area contributed by atoms with E-state index < -0.39 is 0 Å². The average Bonchev–Trinajstić information content (AvgIpc) is 2.85. The summed E-state index contributed by atoms with van der Waals surface area (Å²) >= 11 is 0. The quantitative estimate of drug-likeness (QED) is 0.570. The van der Waals surface area contributed by atoms with Crippen molar-refractivity contribution in [2.45, 2.75) is 39.2 Å². The fourth-order valence-electron chi connectivity index (χ4n) is 4.03. The van der Waals surface area contributed by atoms with E-state index in [0.717, 1.165) is 41.5 Å². The first-order valence-corrected chi connectivity index (χ1v) is 11.4. The van der Waals surface area contributed by atoms with Crippen LogP contribution in [0, 0.1) is 0 Å². The van der Waals surface area contributed by atoms with Gasteiger partial charge in [-0.2, -0.15) is 0 Å². The zero-order valence-electron chi connectivity index (χ0n) is 18.8. The summed E-state index contributed by atoms with van der Waals surface area (Å²) in [5.41, 5.74) is 3.48. The van der Waals surface area contributed by atoms with Crippen LogP contribution in [-0.4, -0.2) is 35.6 Å². The second-order valence-corrected chi connectivity index (χ2v) is 8.05. The van der Waals surface area contributed by atoms with Gasteiger partial charge in [0.15, 0.2) is 5.82 Å². The number of nitrogens with zero attached hydrogens (tertiary/aromatic N) is 3. The van der Waals surface area contributed by atoms with Crippen molar-refractivity contribution in [3.63, 3.8) is 0 Å². The summed E-state index contributed by atoms with van der Waals surface area (Å²) < 4.78 is 5.49. The van der Waals surface area contributed by atoms with E-state index in [9.17, 15) is 4.79 Å². The summed E-state index contributed by atoms with van der Waals surface area (Å²) in [6.45, 7) is 6.59. The molecule has 32 heavy (non-hydrogen) atoms. The lowest BCUT2D eigenvalue weighted by atomic mass is 10.1. The number of rotatable bonds is 7. The van der Waals surface area contributed by atoms with E-state index in [2.05, 4.69) is 20.2 Å². The van der Waals surface area contributed by atoms with Crippen molar-refractivity contribution in [2.75, 3.05) is 24.6 Å². The molecule has 1 aliphatic rings. The molecule has 166 valence electrons. The van der Waals surface area contributed by atoms with Crippen molar-refractivity contribution in [2.24, 2.45) is 0 Å². The number of carbonyl (C=O) groups excluding carboxylic acids is 1. The Morgan fingerprint density at radius 1 is 1.00 bits per heavy atom. The van der Waals surface area contributed by atoms with E-state index in [-0.39, 0.29) is 11.9 Å². The minimum Gasteiger partial charge on any atom is -0.494 e. The number of hydrogen-bond donors (Lipinski definition) is 1. The van der Waals surface area contributed by atoms with Gasteiger partial charge in [-0.1, -0.05) is 24.3 Å². The topological polar surface area (TPSA) is 67.3 Å². The van der Waals surface area contributed by atoms with Gasteiger partial charge in [0.25, 0.3) is 5.91 Å². The molecule has 1 fully saturated rings. The van der Waals surface area contributed by atoms with Crippen molar-refractivity contribution in [3.8, 4) is 17.0 Å². The molecule has 1 amide bonds. The Morgan fingerprint density at radius 2 is 1.69 bits per heavy atom. The largest absolute Gasteiger partial charge is 0.494 e. The standard InChI is InChI=1S/C26H30N4O2/c1-3-32-23-13-11-20(12-14-23)19(2)29-26(31)22-9-7-21(8-10-22)24-25(28-16-15-27-24)30-17-5-4-6-18-30/h7-16,19H,3-6,17-18H2,1-2H3,(H,29,31)/t19-/m0/s1. The molecule has 0 radical (unpaired) electrons. The third kappa shape index (κ3) is 5.07. The third-order valence-electron chi connectivity index (χ3n) is 5.79. The van der Waals surface area contributed by atoms with Crippen LogP contribution in [0.25, 0.3) is 11.3 Å². The van der Waals surface area contributed by atoms with Gasteiger partial charge in [-0.3, -0.25) is 9.78 Å². The van der Waals surface area contributed by atoms with Crippen LogP contribution in [0.3, 0.4) is 0 Å². The molecule has 0 saturated carbocycles. The van der Waals surface area contributed by atoms with E-state index in [1.807, 2.05) is 62.4 Å². The van der Waals surface area contributed by atoms with E-state index in [4.69, 9.17) is 4.74 Å². The van der Waals surface area contributed by atoms with Gasteiger partial charge in [0, 0.05) is 36.6 Å². The molecule has 1 N–H and O–H groups in total. The van der Waals surface area contributed by atoms with E-state index in [1.165, 1.54) is 19.3 Å². The first-order valence-electron chi connectivity index (χ1n) is 11.4. The highest BCUT2D eigenvalue weighted by Crippen LogP contribution is 2.29. The number of piperidine rings is 1. The SMILES string of the molecule is CCOc1ccc([C@H](C)NC(=O)c2ccc(-c3nccnc3N3CCCCC3)cc2)cc1. The molecular formula is C26H30N4O2. The number of anilines is 1. The summed E-state index contributed by atoms with van der Waals surface area (Å²) in [5.74, 6) is 1.65. The van der Waals surface area contributed by atoms with Crippen LogP contribution in [0.1, 0.15) is 55.1 Å². The summed E-state index contributed by atoms with van der Waals surface area (Å²) in [5, 5.41) is 3.07. The van der Waals surface area contributed by atoms with Gasteiger partial charge < -0.3 is 15.0 Å². The fourth-order valence-corrected chi connectivity index (χ4v) is 4.03. The summed E-state index contributed by atoms with van der Waals surface area (Å²) in [4.78, 5) is 24.3. The summed E-state index contributed by atoms with van der Waals surface area (Å²) in [7, 11) is 0. The van der Waals surface area contributed by atoms with Crippen molar-refractivity contribution < 1.29 is 9.53 Å². The molecule has 0 aliphatic carbocycles. The number of benzene rings is 2. The highest BCUT2D eigenvalue weighted by atomic mass is 16.5. The van der Waals surface area contributed by atoms with Crippen LogP contribution in [0.15, 0.2) is 60.9 Å². The molecule has 3 aromatic rings. The minimum absolute atomic E-state index is 0.103. The molecule has 6 nitrogen and oxygen atoms in total. The normalized spacial score (nSPS) is 14.6. The van der Waals surface area contributed by atoms with E-state index in [1.54, 1.807) is 12.4 Å². The Balaban J connectivity index is 1.45. The second kappa shape index (κ2) is 10.3. The van der Waals surface area contributed by atoms with E-state index >= 15 is 0 Å². The average molecular weight is 431 g/mol. The van der Waals surface area contributed by atoms with Crippen LogP contribution in [0.5, 0.6) is 5.75 Å². The summed E-state index contributed by atoms with van der Waals surface area (Å²) in [6, 6.07) is 15.3. The molecule has 1 saturated heterocycles. The van der Waals surface area contributed by atoms with Crippen molar-refractivity contribution in [3.05, 3.63) is 72.1 Å². The lowest BCUT2D eigenvalue weighted by molar-refractivity contribution is 0.0940. The van der Waals surface area contributed by atoms with Gasteiger partial charge in [0.05, 0.1) is 12.6 Å². The zero-order valence-corrected chi connectivity index (χ0v) is 18.8. The maximum absolute atomic E-state index is 12.8. The lowest BCUT2D eigenvalue weighted by Crippen LogP contribution is -2.30. The van der Waals surface area contributed by atoms with Crippen molar-refractivity contribution >= 4 is 11.7 Å². The molecule has 4 rings (SSSR count). The predicted octanol–water partition coefficient (Wildman–Crippen LogP) is 5.02. The third-order valence-corrected chi connectivity index (χ3v) is 5.79. The van der Waals surface area contributed by atoms with Crippen LogP contribution in [0.2, 0.25) is 0 Å². The maximum atomic E-state index is 12.8. The number of ether oxygens (including phenoxy) is 1. The van der Waals surface area contributed by atoms with Crippen molar-refractivity contribution in [1.82, 2.24) is 15.3 Å². The van der Waals surface area contributed by atoms with Crippen LogP contribution in [-0.2, 0) is 0 Å². The second-order valence-electron chi connectivity index (χ2n) is 8.05. The van der Waals surface area contributed by atoms with Gasteiger partial charge >= 0.3 is 0 Å². The Hall–Kier alpha value is -3.41. The van der Waals surface area contributed by atoms with Crippen LogP contribution < -0.4 is 15.0 Å². The minimum atomic E-state index is -0.108. The molecule has 1 aliphatic heterocycles. The highest BCUT2D eigenvalue weighted by molar-refractivity contribution is 5.95. The first kappa shape index (κ1) is 21.8. The Bertz CT molecular complexity index is 1030. The van der Waals surface area contributed by atoms with Crippen LogP contribution >= 0.6 is 0 Å². The lowest BCUT2D eigenvalue weighted by Gasteiger charge is -2.28. The smallest absolute Gasteiger partial charge is 0.251 e. The van der Waals surface area contributed by atoms with Gasteiger partial charge in [-0.15, -0.1) is 0 Å². The molecule has 6 heteroatoms.